The summed E-state index contributed by atoms with van der Waals surface area (Å²) in [6, 6.07) is 9.70. The Bertz CT molecular complexity index is 720. The van der Waals surface area contributed by atoms with Crippen molar-refractivity contribution in [2.45, 2.75) is 116 Å². The van der Waals surface area contributed by atoms with Crippen molar-refractivity contribution in [2.24, 2.45) is 0 Å². The summed E-state index contributed by atoms with van der Waals surface area (Å²) >= 11 is 0. The molecule has 1 atom stereocenters. The Kier molecular flexibility index (Phi) is 14.3. The van der Waals surface area contributed by atoms with Crippen molar-refractivity contribution in [2.75, 3.05) is 6.61 Å². The van der Waals surface area contributed by atoms with E-state index in [1.54, 1.807) is 0 Å². The largest absolute Gasteiger partial charge is 0.511 e. The van der Waals surface area contributed by atoms with E-state index in [1.165, 1.54) is 64.2 Å². The van der Waals surface area contributed by atoms with Crippen LogP contribution in [0.2, 0.25) is 0 Å². The number of benzene rings is 1. The fourth-order valence-electron chi connectivity index (χ4n) is 4.36. The van der Waals surface area contributed by atoms with Crippen LogP contribution in [0.3, 0.4) is 0 Å². The second-order valence-electron chi connectivity index (χ2n) is 9.47. The SMILES string of the molecule is CCCCCCCCCCCCCCCC(O)=C1C(=O)CC(COCc2ccccc2)OC1=O. The molecular formula is C29H44O5. The zero-order valence-electron chi connectivity index (χ0n) is 21.1. The summed E-state index contributed by atoms with van der Waals surface area (Å²) < 4.78 is 10.9. The number of esters is 1. The maximum atomic E-state index is 12.4. The molecule has 0 amide bonds. The fourth-order valence-corrected chi connectivity index (χ4v) is 4.36. The number of hydrogen-bond acceptors (Lipinski definition) is 5. The Morgan fingerprint density at radius 1 is 0.882 bits per heavy atom. The third-order valence-electron chi connectivity index (χ3n) is 6.39. The molecule has 190 valence electrons. The van der Waals surface area contributed by atoms with Crippen LogP contribution in [-0.2, 0) is 25.7 Å². The molecule has 1 heterocycles. The Balaban J connectivity index is 1.54. The lowest BCUT2D eigenvalue weighted by Crippen LogP contribution is -2.36. The van der Waals surface area contributed by atoms with Crippen LogP contribution in [0, 0.1) is 0 Å². The highest BCUT2D eigenvalue weighted by Gasteiger charge is 2.34. The van der Waals surface area contributed by atoms with Gasteiger partial charge in [-0.05, 0) is 12.0 Å². The predicted octanol–water partition coefficient (Wildman–Crippen LogP) is 7.38. The topological polar surface area (TPSA) is 72.8 Å². The Labute approximate surface area is 205 Å². The number of aliphatic hydroxyl groups excluding tert-OH is 1. The summed E-state index contributed by atoms with van der Waals surface area (Å²) in [7, 11) is 0. The molecule has 0 aliphatic carbocycles. The average Bonchev–Trinajstić information content (AvgIpc) is 2.82. The second kappa shape index (κ2) is 17.3. The third kappa shape index (κ3) is 11.3. The minimum Gasteiger partial charge on any atom is -0.511 e. The fraction of sp³-hybridized carbons (Fsp3) is 0.655. The molecule has 2 rings (SSSR count). The minimum atomic E-state index is -0.725. The smallest absolute Gasteiger partial charge is 0.345 e. The van der Waals surface area contributed by atoms with Crippen molar-refractivity contribution in [3.8, 4) is 0 Å². The Morgan fingerprint density at radius 2 is 1.44 bits per heavy atom. The van der Waals surface area contributed by atoms with Gasteiger partial charge in [-0.1, -0.05) is 114 Å². The number of ether oxygens (including phenoxy) is 2. The number of aliphatic hydroxyl groups is 1. The molecule has 0 spiro atoms. The first-order valence-corrected chi connectivity index (χ1v) is 13.4. The molecular weight excluding hydrogens is 428 g/mol. The number of unbranched alkanes of at least 4 members (excludes halogenated alkanes) is 12. The highest BCUT2D eigenvalue weighted by Crippen LogP contribution is 2.22. The molecule has 1 aromatic rings. The molecule has 34 heavy (non-hydrogen) atoms. The molecule has 5 nitrogen and oxygen atoms in total. The van der Waals surface area contributed by atoms with Gasteiger partial charge in [-0.15, -0.1) is 0 Å². The summed E-state index contributed by atoms with van der Waals surface area (Å²) in [4.78, 5) is 24.8. The van der Waals surface area contributed by atoms with E-state index in [0.29, 0.717) is 13.0 Å². The van der Waals surface area contributed by atoms with Gasteiger partial charge in [-0.25, -0.2) is 4.79 Å². The number of cyclic esters (lactones) is 1. The van der Waals surface area contributed by atoms with Gasteiger partial charge in [0.1, 0.15) is 17.4 Å². The van der Waals surface area contributed by atoms with Gasteiger partial charge in [0.05, 0.1) is 19.6 Å². The Morgan fingerprint density at radius 3 is 2.00 bits per heavy atom. The predicted molar refractivity (Wildman–Crippen MR) is 136 cm³/mol. The van der Waals surface area contributed by atoms with Crippen molar-refractivity contribution >= 4 is 11.8 Å². The van der Waals surface area contributed by atoms with Crippen molar-refractivity contribution in [3.63, 3.8) is 0 Å². The highest BCUT2D eigenvalue weighted by molar-refractivity contribution is 6.19. The van der Waals surface area contributed by atoms with Gasteiger partial charge < -0.3 is 14.6 Å². The van der Waals surface area contributed by atoms with E-state index >= 15 is 0 Å². The zero-order chi connectivity index (χ0) is 24.4. The van der Waals surface area contributed by atoms with Gasteiger partial charge in [-0.2, -0.15) is 0 Å². The number of allylic oxidation sites excluding steroid dienone is 1. The summed E-state index contributed by atoms with van der Waals surface area (Å²) in [5.41, 5.74) is 0.852. The standard InChI is InChI=1S/C29H44O5/c1-2-3-4-5-6-7-8-9-10-11-12-13-17-20-26(30)28-27(31)21-25(34-29(28)32)23-33-22-24-18-15-14-16-19-24/h14-16,18-19,25,30H,2-13,17,20-23H2,1H3. The molecule has 1 unspecified atom stereocenters. The van der Waals surface area contributed by atoms with Gasteiger partial charge >= 0.3 is 5.97 Å². The van der Waals surface area contributed by atoms with Crippen LogP contribution in [-0.4, -0.2) is 29.6 Å². The molecule has 0 aromatic heterocycles. The van der Waals surface area contributed by atoms with Crippen LogP contribution < -0.4 is 0 Å². The van der Waals surface area contributed by atoms with Gasteiger partial charge in [0.2, 0.25) is 0 Å². The van der Waals surface area contributed by atoms with E-state index in [2.05, 4.69) is 6.92 Å². The number of hydrogen-bond donors (Lipinski definition) is 1. The van der Waals surface area contributed by atoms with Gasteiger partial charge in [-0.3, -0.25) is 4.79 Å². The first kappa shape index (κ1) is 28.1. The van der Waals surface area contributed by atoms with E-state index in [1.807, 2.05) is 30.3 Å². The molecule has 1 saturated heterocycles. The van der Waals surface area contributed by atoms with Crippen molar-refractivity contribution in [1.82, 2.24) is 0 Å². The van der Waals surface area contributed by atoms with Crippen LogP contribution in [0.1, 0.15) is 109 Å². The van der Waals surface area contributed by atoms with Crippen LogP contribution in [0.5, 0.6) is 0 Å². The summed E-state index contributed by atoms with van der Waals surface area (Å²) in [6.45, 7) is 2.82. The molecule has 0 saturated carbocycles. The molecule has 1 aliphatic heterocycles. The number of carbonyl (C=O) groups excluding carboxylic acids is 2. The highest BCUT2D eigenvalue weighted by atomic mass is 16.6. The van der Waals surface area contributed by atoms with E-state index in [-0.39, 0.29) is 30.1 Å². The maximum absolute atomic E-state index is 12.4. The van der Waals surface area contributed by atoms with Crippen LogP contribution in [0.4, 0.5) is 0 Å². The molecule has 1 fully saturated rings. The molecule has 0 radical (unpaired) electrons. The minimum absolute atomic E-state index is 0.0541. The molecule has 0 bridgehead atoms. The first-order chi connectivity index (χ1) is 16.6. The quantitative estimate of drug-likeness (QED) is 0.0793. The second-order valence-corrected chi connectivity index (χ2v) is 9.47. The lowest BCUT2D eigenvalue weighted by atomic mass is 9.98. The summed E-state index contributed by atoms with van der Waals surface area (Å²) in [5.74, 6) is -1.20. The third-order valence-corrected chi connectivity index (χ3v) is 6.39. The summed E-state index contributed by atoms with van der Waals surface area (Å²) in [6.07, 6.45) is 16.0. The maximum Gasteiger partial charge on any atom is 0.345 e. The lowest BCUT2D eigenvalue weighted by Gasteiger charge is -2.23. The Hall–Kier alpha value is -2.14. The molecule has 1 aromatic carbocycles. The van der Waals surface area contributed by atoms with Gasteiger partial charge in [0.25, 0.3) is 0 Å². The molecule has 1 aliphatic rings. The van der Waals surface area contributed by atoms with Crippen molar-refractivity contribution in [1.29, 1.82) is 0 Å². The van der Waals surface area contributed by atoms with Crippen LogP contribution in [0.15, 0.2) is 41.7 Å². The number of rotatable bonds is 18. The summed E-state index contributed by atoms with van der Waals surface area (Å²) in [5, 5.41) is 10.3. The van der Waals surface area contributed by atoms with Crippen molar-refractivity contribution in [3.05, 3.63) is 47.2 Å². The first-order valence-electron chi connectivity index (χ1n) is 13.4. The van der Waals surface area contributed by atoms with E-state index < -0.39 is 12.1 Å². The number of ketones is 1. The number of Topliss-reactive ketones (excluding diaryl/α,β-unsaturated/α-hetero) is 1. The molecule has 1 N–H and O–H groups in total. The van der Waals surface area contributed by atoms with Gasteiger partial charge in [0.15, 0.2) is 5.78 Å². The zero-order valence-corrected chi connectivity index (χ0v) is 21.1. The monoisotopic (exact) mass is 472 g/mol. The average molecular weight is 473 g/mol. The van der Waals surface area contributed by atoms with E-state index in [0.717, 1.165) is 24.8 Å². The normalized spacial score (nSPS) is 17.6. The van der Waals surface area contributed by atoms with Crippen LogP contribution in [0.25, 0.3) is 0 Å². The number of carbonyl (C=O) groups is 2. The van der Waals surface area contributed by atoms with Gasteiger partial charge in [0, 0.05) is 6.42 Å². The van der Waals surface area contributed by atoms with Crippen LogP contribution >= 0.6 is 0 Å². The van der Waals surface area contributed by atoms with E-state index in [9.17, 15) is 14.7 Å². The van der Waals surface area contributed by atoms with Crippen molar-refractivity contribution < 1.29 is 24.2 Å². The lowest BCUT2D eigenvalue weighted by molar-refractivity contribution is -0.155. The van der Waals surface area contributed by atoms with E-state index in [4.69, 9.17) is 9.47 Å². The molecule has 5 heteroatoms.